The van der Waals surface area contributed by atoms with E-state index < -0.39 is 42.9 Å². The third-order valence-corrected chi connectivity index (χ3v) is 12.1. The summed E-state index contributed by atoms with van der Waals surface area (Å²) >= 11 is 0. The number of rotatable bonds is 4. The van der Waals surface area contributed by atoms with Gasteiger partial charge >= 0.3 is 5.97 Å². The molecule has 1 saturated heterocycles. The minimum absolute atomic E-state index is 0.0823. The van der Waals surface area contributed by atoms with Crippen LogP contribution in [0.2, 0.25) is 0 Å². The molecule has 4 aliphatic carbocycles. The molecule has 5 N–H and O–H groups in total. The minimum Gasteiger partial charge on any atom is -0.458 e. The molecular weight excluding hydrogens is 492 g/mol. The molecule has 9 nitrogen and oxygen atoms in total. The lowest BCUT2D eigenvalue weighted by molar-refractivity contribution is -0.317. The van der Waals surface area contributed by atoms with E-state index in [0.29, 0.717) is 18.4 Å². The van der Waals surface area contributed by atoms with Gasteiger partial charge in [0.2, 0.25) is 0 Å². The number of fused-ring (bicyclic) bond motifs is 5. The molecule has 0 amide bonds. The third kappa shape index (κ3) is 3.87. The van der Waals surface area contributed by atoms with Gasteiger partial charge in [-0.3, -0.25) is 0 Å². The van der Waals surface area contributed by atoms with E-state index in [1.807, 2.05) is 0 Å². The molecule has 0 unspecified atom stereocenters. The van der Waals surface area contributed by atoms with Crippen LogP contribution >= 0.6 is 0 Å². The largest absolute Gasteiger partial charge is 0.458 e. The zero-order chi connectivity index (χ0) is 27.0. The molecule has 0 radical (unpaired) electrons. The zero-order valence-electron chi connectivity index (χ0n) is 22.5. The second kappa shape index (κ2) is 9.50. The van der Waals surface area contributed by atoms with Gasteiger partial charge in [0.15, 0.2) is 6.29 Å². The van der Waals surface area contributed by atoms with E-state index >= 15 is 0 Å². The molecule has 13 atom stereocenters. The zero-order valence-corrected chi connectivity index (χ0v) is 22.5. The summed E-state index contributed by atoms with van der Waals surface area (Å²) in [6.07, 6.45) is 3.41. The first-order valence-corrected chi connectivity index (χ1v) is 14.6. The topological polar surface area (TPSA) is 146 Å². The molecule has 0 spiro atoms. The lowest BCUT2D eigenvalue weighted by Crippen LogP contribution is -2.63. The molecule has 9 heteroatoms. The standard InChI is InChI=1S/C29H44O9/c1-27-8-5-17(37-26-25(34)24(33)23(32)21(13-30)38-26)12-16(27)3-4-20-19(27)6-9-28(2)18(7-10-29(20,28)35)15-11-22(31)36-14-15/h11,16-21,23-26,30,32-35H,3-10,12-14H2,1-2H3/t16-,17+,18-,19-,20-,21-,23-,24+,25-,26-,27+,28-,29+/m1/s1. The van der Waals surface area contributed by atoms with Gasteiger partial charge in [-0.25, -0.2) is 4.79 Å². The maximum atomic E-state index is 12.4. The first-order chi connectivity index (χ1) is 18.0. The molecule has 0 aromatic heterocycles. The fraction of sp³-hybridized carbons (Fsp3) is 0.897. The van der Waals surface area contributed by atoms with E-state index in [1.54, 1.807) is 6.08 Å². The Morgan fingerprint density at radius 3 is 2.47 bits per heavy atom. The number of carbonyl (C=O) groups excluding carboxylic acids is 1. The number of cyclic esters (lactones) is 1. The van der Waals surface area contributed by atoms with Crippen LogP contribution in [0.1, 0.15) is 71.6 Å². The molecule has 6 rings (SSSR count). The van der Waals surface area contributed by atoms with Gasteiger partial charge in [0, 0.05) is 11.5 Å². The number of carbonyl (C=O) groups is 1. The van der Waals surface area contributed by atoms with Crippen molar-refractivity contribution in [2.45, 2.75) is 114 Å². The normalized spacial score (nSPS) is 54.5. The molecule has 0 aromatic carbocycles. The van der Waals surface area contributed by atoms with E-state index in [2.05, 4.69) is 13.8 Å². The summed E-state index contributed by atoms with van der Waals surface area (Å²) in [4.78, 5) is 11.8. The van der Waals surface area contributed by atoms with Crippen LogP contribution in [0, 0.1) is 34.5 Å². The molecular formula is C29H44O9. The fourth-order valence-corrected chi connectivity index (χ4v) is 9.86. The summed E-state index contributed by atoms with van der Waals surface area (Å²) in [6, 6.07) is 0. The highest BCUT2D eigenvalue weighted by atomic mass is 16.7. The van der Waals surface area contributed by atoms with E-state index in [4.69, 9.17) is 14.2 Å². The van der Waals surface area contributed by atoms with Gasteiger partial charge in [0.05, 0.1) is 18.3 Å². The fourth-order valence-electron chi connectivity index (χ4n) is 9.86. The van der Waals surface area contributed by atoms with Crippen LogP contribution in [-0.2, 0) is 19.0 Å². The average Bonchev–Trinajstić information content (AvgIpc) is 3.44. The van der Waals surface area contributed by atoms with E-state index in [9.17, 15) is 30.3 Å². The average molecular weight is 537 g/mol. The van der Waals surface area contributed by atoms with Crippen molar-refractivity contribution < 1.29 is 44.5 Å². The van der Waals surface area contributed by atoms with Crippen LogP contribution in [0.4, 0.5) is 0 Å². The van der Waals surface area contributed by atoms with Crippen molar-refractivity contribution >= 4 is 5.97 Å². The number of hydrogen-bond donors (Lipinski definition) is 5. The SMILES string of the molecule is C[C@]12CC[C@H](O[C@@H]3O[C@H](CO)[C@@H](O)[C@H](O)[C@H]3O)C[C@H]1CC[C@@H]1[C@H]2CC[C@]2(C)[C@@H](C3=CC(=O)OC3)CC[C@]12O. The number of aliphatic hydroxyl groups excluding tert-OH is 4. The Bertz CT molecular complexity index is 968. The predicted octanol–water partition coefficient (Wildman–Crippen LogP) is 1.43. The second-order valence-corrected chi connectivity index (χ2v) is 13.5. The quantitative estimate of drug-likeness (QED) is 0.266. The minimum atomic E-state index is -1.44. The first kappa shape index (κ1) is 27.1. The van der Waals surface area contributed by atoms with Crippen LogP contribution in [0.3, 0.4) is 0 Å². The smallest absolute Gasteiger partial charge is 0.331 e. The highest BCUT2D eigenvalue weighted by Gasteiger charge is 2.67. The van der Waals surface area contributed by atoms with Crippen LogP contribution in [0.25, 0.3) is 0 Å². The van der Waals surface area contributed by atoms with Gasteiger partial charge in [0.1, 0.15) is 31.0 Å². The molecule has 5 fully saturated rings. The van der Waals surface area contributed by atoms with Gasteiger partial charge in [-0.15, -0.1) is 0 Å². The molecule has 2 heterocycles. The van der Waals surface area contributed by atoms with Gasteiger partial charge in [-0.1, -0.05) is 13.8 Å². The van der Waals surface area contributed by atoms with Gasteiger partial charge in [0.25, 0.3) is 0 Å². The number of ether oxygens (including phenoxy) is 3. The van der Waals surface area contributed by atoms with Crippen molar-refractivity contribution in [1.29, 1.82) is 0 Å². The Hall–Kier alpha value is -1.07. The number of hydrogen-bond acceptors (Lipinski definition) is 9. The monoisotopic (exact) mass is 536 g/mol. The van der Waals surface area contributed by atoms with Crippen LogP contribution in [-0.4, -0.2) is 87.1 Å². The molecule has 0 bridgehead atoms. The Morgan fingerprint density at radius 1 is 0.974 bits per heavy atom. The predicted molar refractivity (Wildman–Crippen MR) is 134 cm³/mol. The van der Waals surface area contributed by atoms with Crippen molar-refractivity contribution in [1.82, 2.24) is 0 Å². The maximum Gasteiger partial charge on any atom is 0.331 e. The van der Waals surface area contributed by atoms with E-state index in [0.717, 1.165) is 63.4 Å². The van der Waals surface area contributed by atoms with Crippen molar-refractivity contribution in [3.05, 3.63) is 11.6 Å². The number of esters is 1. The second-order valence-electron chi connectivity index (χ2n) is 13.5. The van der Waals surface area contributed by atoms with Crippen molar-refractivity contribution in [3.8, 4) is 0 Å². The summed E-state index contributed by atoms with van der Waals surface area (Å²) in [5.74, 6) is 0.994. The van der Waals surface area contributed by atoms with Gasteiger partial charge < -0.3 is 39.7 Å². The Morgan fingerprint density at radius 2 is 1.76 bits per heavy atom. The molecule has 2 aliphatic heterocycles. The van der Waals surface area contributed by atoms with Crippen molar-refractivity contribution in [2.24, 2.45) is 34.5 Å². The molecule has 0 aromatic rings. The summed E-state index contributed by atoms with van der Waals surface area (Å²) in [6.45, 7) is 4.52. The molecule has 6 aliphatic rings. The van der Waals surface area contributed by atoms with Crippen LogP contribution < -0.4 is 0 Å². The van der Waals surface area contributed by atoms with E-state index in [1.165, 1.54) is 0 Å². The summed E-state index contributed by atoms with van der Waals surface area (Å²) < 4.78 is 17.0. The highest BCUT2D eigenvalue weighted by molar-refractivity contribution is 5.85. The highest BCUT2D eigenvalue weighted by Crippen LogP contribution is 2.70. The summed E-state index contributed by atoms with van der Waals surface area (Å²) in [5, 5.41) is 52.6. The Kier molecular flexibility index (Phi) is 6.78. The van der Waals surface area contributed by atoms with Crippen molar-refractivity contribution in [2.75, 3.05) is 13.2 Å². The lowest BCUT2D eigenvalue weighted by Gasteiger charge is -2.64. The van der Waals surface area contributed by atoms with Crippen LogP contribution in [0.5, 0.6) is 0 Å². The molecule has 4 saturated carbocycles. The van der Waals surface area contributed by atoms with Gasteiger partial charge in [-0.2, -0.15) is 0 Å². The maximum absolute atomic E-state index is 12.4. The van der Waals surface area contributed by atoms with E-state index in [-0.39, 0.29) is 34.7 Å². The van der Waals surface area contributed by atoms with Crippen molar-refractivity contribution in [3.63, 3.8) is 0 Å². The summed E-state index contributed by atoms with van der Waals surface area (Å²) in [7, 11) is 0. The Labute approximate surface area is 224 Å². The number of aliphatic hydroxyl groups is 5. The lowest BCUT2D eigenvalue weighted by atomic mass is 9.43. The third-order valence-electron chi connectivity index (χ3n) is 12.1. The first-order valence-electron chi connectivity index (χ1n) is 14.6. The molecule has 38 heavy (non-hydrogen) atoms. The summed E-state index contributed by atoms with van der Waals surface area (Å²) in [5.41, 5.74) is 0.141. The van der Waals surface area contributed by atoms with Gasteiger partial charge in [-0.05, 0) is 92.4 Å². The molecule has 214 valence electrons. The van der Waals surface area contributed by atoms with Crippen LogP contribution in [0.15, 0.2) is 11.6 Å². The Balaban J connectivity index is 1.15.